The van der Waals surface area contributed by atoms with Crippen LogP contribution in [0.5, 0.6) is 11.6 Å². The molecule has 6 heteroatoms. The molecule has 25 heavy (non-hydrogen) atoms. The molecule has 1 fully saturated rings. The number of ether oxygens (including phenoxy) is 2. The van der Waals surface area contributed by atoms with E-state index in [1.807, 2.05) is 36.1 Å². The Labute approximate surface area is 152 Å². The molecule has 0 bridgehead atoms. The summed E-state index contributed by atoms with van der Waals surface area (Å²) < 4.78 is 11.3. The number of rotatable bonds is 5. The maximum Gasteiger partial charge on any atom is 0.255 e. The van der Waals surface area contributed by atoms with Crippen molar-refractivity contribution in [2.75, 3.05) is 19.7 Å². The van der Waals surface area contributed by atoms with Gasteiger partial charge >= 0.3 is 0 Å². The van der Waals surface area contributed by atoms with Crippen LogP contribution in [0.4, 0.5) is 0 Å². The van der Waals surface area contributed by atoms with E-state index in [0.717, 1.165) is 18.6 Å². The number of halogens is 1. The van der Waals surface area contributed by atoms with Crippen LogP contribution in [0.1, 0.15) is 30.1 Å². The van der Waals surface area contributed by atoms with Gasteiger partial charge in [-0.15, -0.1) is 0 Å². The van der Waals surface area contributed by atoms with Crippen molar-refractivity contribution < 1.29 is 14.3 Å². The summed E-state index contributed by atoms with van der Waals surface area (Å²) >= 11 is 5.88. The van der Waals surface area contributed by atoms with Gasteiger partial charge in [-0.2, -0.15) is 0 Å². The largest absolute Gasteiger partial charge is 0.490 e. The Morgan fingerprint density at radius 2 is 1.92 bits per heavy atom. The van der Waals surface area contributed by atoms with E-state index in [2.05, 4.69) is 4.98 Å². The molecule has 1 aliphatic heterocycles. The standard InChI is InChI=1S/C19H21ClN2O3/c1-2-24-18-8-3-14(13-21-18)19(23)22-11-9-17(10-12-22)25-16-6-4-15(20)5-7-16/h3-8,13,17H,2,9-12H2,1H3. The Morgan fingerprint density at radius 1 is 1.20 bits per heavy atom. The fourth-order valence-electron chi connectivity index (χ4n) is 2.80. The first-order valence-corrected chi connectivity index (χ1v) is 8.84. The average molecular weight is 361 g/mol. The summed E-state index contributed by atoms with van der Waals surface area (Å²) in [6.07, 6.45) is 3.30. The fourth-order valence-corrected chi connectivity index (χ4v) is 2.93. The van der Waals surface area contributed by atoms with Gasteiger partial charge in [0.2, 0.25) is 5.88 Å². The van der Waals surface area contributed by atoms with Gasteiger partial charge in [0.1, 0.15) is 11.9 Å². The molecule has 1 aromatic carbocycles. The predicted octanol–water partition coefficient (Wildman–Crippen LogP) is 3.82. The topological polar surface area (TPSA) is 51.7 Å². The third kappa shape index (κ3) is 4.63. The molecule has 0 radical (unpaired) electrons. The fraction of sp³-hybridized carbons (Fsp3) is 0.368. The number of piperidine rings is 1. The van der Waals surface area contributed by atoms with Crippen LogP contribution in [0.25, 0.3) is 0 Å². The van der Waals surface area contributed by atoms with Crippen molar-refractivity contribution in [2.45, 2.75) is 25.9 Å². The maximum absolute atomic E-state index is 12.6. The zero-order chi connectivity index (χ0) is 17.6. The quantitative estimate of drug-likeness (QED) is 0.813. The van der Waals surface area contributed by atoms with E-state index in [4.69, 9.17) is 21.1 Å². The third-order valence-electron chi connectivity index (χ3n) is 4.12. The molecular weight excluding hydrogens is 340 g/mol. The molecule has 0 unspecified atom stereocenters. The highest BCUT2D eigenvalue weighted by molar-refractivity contribution is 6.30. The summed E-state index contributed by atoms with van der Waals surface area (Å²) in [6.45, 7) is 3.80. The van der Waals surface area contributed by atoms with E-state index >= 15 is 0 Å². The highest BCUT2D eigenvalue weighted by Crippen LogP contribution is 2.22. The Bertz CT molecular complexity index is 696. The number of nitrogens with zero attached hydrogens (tertiary/aromatic N) is 2. The van der Waals surface area contributed by atoms with Crippen LogP contribution in [-0.2, 0) is 0 Å². The Balaban J connectivity index is 1.52. The first kappa shape index (κ1) is 17.5. The molecule has 0 atom stereocenters. The van der Waals surface area contributed by atoms with Crippen LogP contribution in [0.3, 0.4) is 0 Å². The van der Waals surface area contributed by atoms with Gasteiger partial charge in [0.15, 0.2) is 0 Å². The van der Waals surface area contributed by atoms with Crippen LogP contribution in [0.2, 0.25) is 5.02 Å². The molecule has 0 spiro atoms. The van der Waals surface area contributed by atoms with E-state index in [-0.39, 0.29) is 12.0 Å². The van der Waals surface area contributed by atoms with Gasteiger partial charge < -0.3 is 14.4 Å². The summed E-state index contributed by atoms with van der Waals surface area (Å²) in [5, 5.41) is 0.691. The monoisotopic (exact) mass is 360 g/mol. The van der Waals surface area contributed by atoms with Crippen LogP contribution in [0, 0.1) is 0 Å². The number of carbonyl (C=O) groups excluding carboxylic acids is 1. The number of aromatic nitrogens is 1. The zero-order valence-corrected chi connectivity index (χ0v) is 14.9. The minimum Gasteiger partial charge on any atom is -0.490 e. The summed E-state index contributed by atoms with van der Waals surface area (Å²) in [7, 11) is 0. The Kier molecular flexibility index (Phi) is 5.76. The second kappa shape index (κ2) is 8.21. The smallest absolute Gasteiger partial charge is 0.255 e. The van der Waals surface area contributed by atoms with Crippen LogP contribution in [0.15, 0.2) is 42.6 Å². The van der Waals surface area contributed by atoms with E-state index in [1.54, 1.807) is 18.3 Å². The number of hydrogen-bond donors (Lipinski definition) is 0. The minimum atomic E-state index is 0.000455. The van der Waals surface area contributed by atoms with Crippen molar-refractivity contribution in [3.63, 3.8) is 0 Å². The molecular formula is C19H21ClN2O3. The predicted molar refractivity (Wildman–Crippen MR) is 96.4 cm³/mol. The van der Waals surface area contributed by atoms with Crippen molar-refractivity contribution in [1.29, 1.82) is 0 Å². The molecule has 0 N–H and O–H groups in total. The molecule has 2 heterocycles. The lowest BCUT2D eigenvalue weighted by molar-refractivity contribution is 0.0595. The number of carbonyl (C=O) groups is 1. The zero-order valence-electron chi connectivity index (χ0n) is 14.2. The summed E-state index contributed by atoms with van der Waals surface area (Å²) in [6, 6.07) is 10.9. The van der Waals surface area contributed by atoms with Gasteiger partial charge in [0.05, 0.1) is 12.2 Å². The molecule has 132 valence electrons. The molecule has 0 saturated carbocycles. The first-order valence-electron chi connectivity index (χ1n) is 8.46. The number of pyridine rings is 1. The van der Waals surface area contributed by atoms with Gasteiger partial charge in [-0.05, 0) is 37.3 Å². The van der Waals surface area contributed by atoms with Crippen LogP contribution >= 0.6 is 11.6 Å². The van der Waals surface area contributed by atoms with Crippen LogP contribution < -0.4 is 9.47 Å². The minimum absolute atomic E-state index is 0.000455. The van der Waals surface area contributed by atoms with Gasteiger partial charge in [-0.25, -0.2) is 4.98 Å². The molecule has 1 aromatic heterocycles. The second-order valence-corrected chi connectivity index (χ2v) is 6.32. The van der Waals surface area contributed by atoms with Gasteiger partial charge in [0.25, 0.3) is 5.91 Å². The third-order valence-corrected chi connectivity index (χ3v) is 4.37. The molecule has 1 saturated heterocycles. The number of hydrogen-bond acceptors (Lipinski definition) is 4. The van der Waals surface area contributed by atoms with Gasteiger partial charge in [0, 0.05) is 43.2 Å². The van der Waals surface area contributed by atoms with Crippen molar-refractivity contribution >= 4 is 17.5 Å². The number of likely N-dealkylation sites (tertiary alicyclic amines) is 1. The molecule has 1 amide bonds. The first-order chi connectivity index (χ1) is 12.2. The number of amides is 1. The average Bonchev–Trinajstić information content (AvgIpc) is 2.65. The van der Waals surface area contributed by atoms with Gasteiger partial charge in [-0.3, -0.25) is 4.79 Å². The summed E-state index contributed by atoms with van der Waals surface area (Å²) in [5.41, 5.74) is 0.584. The summed E-state index contributed by atoms with van der Waals surface area (Å²) in [4.78, 5) is 18.6. The van der Waals surface area contributed by atoms with Crippen molar-refractivity contribution in [1.82, 2.24) is 9.88 Å². The van der Waals surface area contributed by atoms with Crippen LogP contribution in [-0.4, -0.2) is 41.6 Å². The summed E-state index contributed by atoms with van der Waals surface area (Å²) in [5.74, 6) is 1.35. The second-order valence-electron chi connectivity index (χ2n) is 5.88. The number of benzene rings is 1. The Morgan fingerprint density at radius 3 is 2.52 bits per heavy atom. The van der Waals surface area contributed by atoms with Crippen molar-refractivity contribution in [3.8, 4) is 11.6 Å². The SMILES string of the molecule is CCOc1ccc(C(=O)N2CCC(Oc3ccc(Cl)cc3)CC2)cn1. The van der Waals surface area contributed by atoms with Gasteiger partial charge in [-0.1, -0.05) is 11.6 Å². The molecule has 3 rings (SSSR count). The highest BCUT2D eigenvalue weighted by Gasteiger charge is 2.25. The van der Waals surface area contributed by atoms with E-state index in [1.165, 1.54) is 0 Å². The van der Waals surface area contributed by atoms with E-state index in [9.17, 15) is 4.79 Å². The molecule has 5 nitrogen and oxygen atoms in total. The maximum atomic E-state index is 12.6. The normalized spacial score (nSPS) is 15.0. The lowest BCUT2D eigenvalue weighted by Crippen LogP contribution is -2.41. The molecule has 1 aliphatic rings. The Hall–Kier alpha value is -2.27. The lowest BCUT2D eigenvalue weighted by atomic mass is 10.1. The molecule has 2 aromatic rings. The van der Waals surface area contributed by atoms with E-state index < -0.39 is 0 Å². The highest BCUT2D eigenvalue weighted by atomic mass is 35.5. The van der Waals surface area contributed by atoms with Crippen molar-refractivity contribution in [3.05, 3.63) is 53.2 Å². The molecule has 0 aliphatic carbocycles. The van der Waals surface area contributed by atoms with Crippen molar-refractivity contribution in [2.24, 2.45) is 0 Å². The van der Waals surface area contributed by atoms with E-state index in [0.29, 0.717) is 36.2 Å². The lowest BCUT2D eigenvalue weighted by Gasteiger charge is -2.32.